The molecule has 0 spiro atoms. The van der Waals surface area contributed by atoms with Crippen LogP contribution in [0.5, 0.6) is 0 Å². The smallest absolute Gasteiger partial charge is 0.136 e. The lowest BCUT2D eigenvalue weighted by Crippen LogP contribution is -2.21. The number of nitrogens with one attached hydrogen (secondary N) is 1. The van der Waals surface area contributed by atoms with Gasteiger partial charge >= 0.3 is 0 Å². The number of benzene rings is 1. The van der Waals surface area contributed by atoms with E-state index in [1.165, 1.54) is 16.3 Å². The van der Waals surface area contributed by atoms with Crippen LogP contribution in [0.1, 0.15) is 19.4 Å². The summed E-state index contributed by atoms with van der Waals surface area (Å²) in [5.41, 5.74) is 1.25. The first kappa shape index (κ1) is 15.5. The van der Waals surface area contributed by atoms with Crippen molar-refractivity contribution in [2.75, 3.05) is 25.0 Å². The SMILES string of the molecule is C=CCN(C)c1ncc(CNCC(C)C)c2ccccc12. The first-order valence-corrected chi connectivity index (χ1v) is 7.52. The van der Waals surface area contributed by atoms with Gasteiger partial charge < -0.3 is 10.2 Å². The molecule has 0 bridgehead atoms. The second-order valence-corrected chi connectivity index (χ2v) is 5.85. The minimum atomic E-state index is 0.655. The molecule has 1 aromatic carbocycles. The van der Waals surface area contributed by atoms with E-state index in [4.69, 9.17) is 0 Å². The molecule has 3 heteroatoms. The van der Waals surface area contributed by atoms with Gasteiger partial charge in [-0.15, -0.1) is 6.58 Å². The minimum Gasteiger partial charge on any atom is -0.355 e. The van der Waals surface area contributed by atoms with Crippen molar-refractivity contribution in [3.8, 4) is 0 Å². The lowest BCUT2D eigenvalue weighted by molar-refractivity contribution is 0.553. The molecule has 0 atom stereocenters. The molecule has 1 N–H and O–H groups in total. The number of likely N-dealkylation sites (N-methyl/N-ethyl adjacent to an activating group) is 1. The van der Waals surface area contributed by atoms with E-state index in [2.05, 4.69) is 59.9 Å². The number of anilines is 1. The van der Waals surface area contributed by atoms with Gasteiger partial charge in [0.05, 0.1) is 0 Å². The highest BCUT2D eigenvalue weighted by Crippen LogP contribution is 2.26. The maximum atomic E-state index is 4.66. The molecular formula is C18H25N3. The lowest BCUT2D eigenvalue weighted by Gasteiger charge is -2.19. The maximum Gasteiger partial charge on any atom is 0.136 e. The lowest BCUT2D eigenvalue weighted by atomic mass is 10.1. The van der Waals surface area contributed by atoms with Gasteiger partial charge in [0.1, 0.15) is 5.82 Å². The van der Waals surface area contributed by atoms with Gasteiger partial charge in [0.2, 0.25) is 0 Å². The predicted molar refractivity (Wildman–Crippen MR) is 91.8 cm³/mol. The van der Waals surface area contributed by atoms with Crippen LogP contribution in [0.15, 0.2) is 43.1 Å². The summed E-state index contributed by atoms with van der Waals surface area (Å²) in [7, 11) is 2.05. The van der Waals surface area contributed by atoms with E-state index in [0.717, 1.165) is 25.5 Å². The van der Waals surface area contributed by atoms with Gasteiger partial charge in [-0.05, 0) is 23.4 Å². The quantitative estimate of drug-likeness (QED) is 0.787. The second-order valence-electron chi connectivity index (χ2n) is 5.85. The Morgan fingerprint density at radius 2 is 2.00 bits per heavy atom. The van der Waals surface area contributed by atoms with Crippen LogP contribution in [0, 0.1) is 5.92 Å². The monoisotopic (exact) mass is 283 g/mol. The van der Waals surface area contributed by atoms with Gasteiger partial charge in [0.15, 0.2) is 0 Å². The van der Waals surface area contributed by atoms with Gasteiger partial charge in [-0.3, -0.25) is 0 Å². The van der Waals surface area contributed by atoms with Gasteiger partial charge in [-0.1, -0.05) is 44.2 Å². The van der Waals surface area contributed by atoms with Crippen LogP contribution in [0.25, 0.3) is 10.8 Å². The van der Waals surface area contributed by atoms with E-state index in [1.54, 1.807) is 0 Å². The Morgan fingerprint density at radius 1 is 1.29 bits per heavy atom. The molecular weight excluding hydrogens is 258 g/mol. The van der Waals surface area contributed by atoms with Gasteiger partial charge in [0.25, 0.3) is 0 Å². The van der Waals surface area contributed by atoms with E-state index < -0.39 is 0 Å². The molecule has 1 heterocycles. The number of hydrogen-bond donors (Lipinski definition) is 1. The van der Waals surface area contributed by atoms with Crippen LogP contribution in [0.2, 0.25) is 0 Å². The predicted octanol–water partition coefficient (Wildman–Crippen LogP) is 3.60. The molecule has 112 valence electrons. The molecule has 2 aromatic rings. The standard InChI is InChI=1S/C18H25N3/c1-5-10-21(4)18-17-9-7-6-8-16(17)15(13-20-18)12-19-11-14(2)3/h5-9,13-14,19H,1,10-12H2,2-4H3. The third-order valence-corrected chi connectivity index (χ3v) is 3.49. The Hall–Kier alpha value is -1.87. The summed E-state index contributed by atoms with van der Waals surface area (Å²) in [6, 6.07) is 8.48. The number of fused-ring (bicyclic) bond motifs is 1. The van der Waals surface area contributed by atoms with Crippen molar-refractivity contribution in [3.63, 3.8) is 0 Å². The van der Waals surface area contributed by atoms with Crippen LogP contribution in [0.3, 0.4) is 0 Å². The first-order chi connectivity index (χ1) is 10.1. The van der Waals surface area contributed by atoms with Gasteiger partial charge in [0, 0.05) is 31.7 Å². The summed E-state index contributed by atoms with van der Waals surface area (Å²) in [6.07, 6.45) is 3.89. The highest BCUT2D eigenvalue weighted by molar-refractivity contribution is 5.94. The molecule has 0 amide bonds. The molecule has 0 saturated heterocycles. The molecule has 0 aliphatic heterocycles. The Bertz CT molecular complexity index is 604. The molecule has 1 aromatic heterocycles. The molecule has 0 aliphatic carbocycles. The Balaban J connectivity index is 2.33. The van der Waals surface area contributed by atoms with Crippen LogP contribution in [-0.2, 0) is 6.54 Å². The Labute approximate surface area is 127 Å². The fourth-order valence-corrected chi connectivity index (χ4v) is 2.46. The molecule has 0 fully saturated rings. The van der Waals surface area contributed by atoms with Crippen LogP contribution in [0.4, 0.5) is 5.82 Å². The van der Waals surface area contributed by atoms with Crippen molar-refractivity contribution in [1.29, 1.82) is 0 Å². The van der Waals surface area contributed by atoms with E-state index in [9.17, 15) is 0 Å². The summed E-state index contributed by atoms with van der Waals surface area (Å²) in [6.45, 7) is 10.9. The maximum absolute atomic E-state index is 4.66. The molecule has 21 heavy (non-hydrogen) atoms. The van der Waals surface area contributed by atoms with Gasteiger partial charge in [-0.25, -0.2) is 4.98 Å². The first-order valence-electron chi connectivity index (χ1n) is 7.52. The Morgan fingerprint density at radius 3 is 2.67 bits per heavy atom. The summed E-state index contributed by atoms with van der Waals surface area (Å²) in [4.78, 5) is 6.79. The number of aromatic nitrogens is 1. The zero-order valence-corrected chi connectivity index (χ0v) is 13.3. The van der Waals surface area contributed by atoms with Crippen molar-refractivity contribution in [3.05, 3.63) is 48.7 Å². The molecule has 0 radical (unpaired) electrons. The normalized spacial score (nSPS) is 11.0. The van der Waals surface area contributed by atoms with E-state index in [0.29, 0.717) is 5.92 Å². The fourth-order valence-electron chi connectivity index (χ4n) is 2.46. The largest absolute Gasteiger partial charge is 0.355 e. The van der Waals surface area contributed by atoms with Crippen molar-refractivity contribution < 1.29 is 0 Å². The van der Waals surface area contributed by atoms with Crippen LogP contribution in [-0.4, -0.2) is 25.1 Å². The van der Waals surface area contributed by atoms with E-state index >= 15 is 0 Å². The zero-order valence-electron chi connectivity index (χ0n) is 13.3. The van der Waals surface area contributed by atoms with E-state index in [-0.39, 0.29) is 0 Å². The second kappa shape index (κ2) is 7.23. The van der Waals surface area contributed by atoms with Gasteiger partial charge in [-0.2, -0.15) is 0 Å². The Kier molecular flexibility index (Phi) is 5.34. The summed E-state index contributed by atoms with van der Waals surface area (Å²) < 4.78 is 0. The summed E-state index contributed by atoms with van der Waals surface area (Å²) in [5.74, 6) is 1.67. The van der Waals surface area contributed by atoms with E-state index in [1.807, 2.05) is 19.3 Å². The van der Waals surface area contributed by atoms with Crippen LogP contribution >= 0.6 is 0 Å². The van der Waals surface area contributed by atoms with Crippen molar-refractivity contribution in [2.45, 2.75) is 20.4 Å². The van der Waals surface area contributed by atoms with Crippen molar-refractivity contribution in [1.82, 2.24) is 10.3 Å². The van der Waals surface area contributed by atoms with Crippen molar-refractivity contribution in [2.24, 2.45) is 5.92 Å². The number of hydrogen-bond acceptors (Lipinski definition) is 3. The third-order valence-electron chi connectivity index (χ3n) is 3.49. The average molecular weight is 283 g/mol. The number of nitrogens with zero attached hydrogens (tertiary/aromatic N) is 2. The third kappa shape index (κ3) is 3.82. The molecule has 2 rings (SSSR count). The fraction of sp³-hybridized carbons (Fsp3) is 0.389. The summed E-state index contributed by atoms with van der Waals surface area (Å²) >= 11 is 0. The molecule has 0 aliphatic rings. The topological polar surface area (TPSA) is 28.2 Å². The average Bonchev–Trinajstić information content (AvgIpc) is 2.47. The zero-order chi connectivity index (χ0) is 15.2. The molecule has 0 unspecified atom stereocenters. The van der Waals surface area contributed by atoms with Crippen LogP contribution < -0.4 is 10.2 Å². The highest BCUT2D eigenvalue weighted by atomic mass is 15.2. The number of pyridine rings is 1. The molecule has 3 nitrogen and oxygen atoms in total. The highest BCUT2D eigenvalue weighted by Gasteiger charge is 2.10. The minimum absolute atomic E-state index is 0.655. The van der Waals surface area contributed by atoms with Crippen molar-refractivity contribution >= 4 is 16.6 Å². The number of rotatable bonds is 7. The molecule has 0 saturated carbocycles. The summed E-state index contributed by atoms with van der Waals surface area (Å²) in [5, 5.41) is 5.97.